The molecule has 2 heterocycles. The van der Waals surface area contributed by atoms with Gasteiger partial charge in [-0.3, -0.25) is 19.2 Å². The molecule has 2 rings (SSSR count). The summed E-state index contributed by atoms with van der Waals surface area (Å²) in [5.41, 5.74) is -0.561. The maximum Gasteiger partial charge on any atom is 0.328 e. The molecule has 2 aromatic rings. The smallest absolute Gasteiger partial charge is 0.328 e. The van der Waals surface area contributed by atoms with Crippen molar-refractivity contribution in [2.24, 2.45) is 11.8 Å². The maximum absolute atomic E-state index is 12.8. The van der Waals surface area contributed by atoms with Gasteiger partial charge in [-0.15, -0.1) is 0 Å². The van der Waals surface area contributed by atoms with E-state index in [2.05, 4.69) is 41.2 Å². The van der Waals surface area contributed by atoms with E-state index in [1.807, 2.05) is 0 Å². The monoisotopic (exact) mass is 604 g/mol. The highest BCUT2D eigenvalue weighted by Crippen LogP contribution is 2.10. The lowest BCUT2D eigenvalue weighted by Crippen LogP contribution is -2.46. The molecular weight excluding hydrogens is 564 g/mol. The van der Waals surface area contributed by atoms with Crippen molar-refractivity contribution in [1.82, 2.24) is 41.2 Å². The summed E-state index contributed by atoms with van der Waals surface area (Å²) in [4.78, 5) is 88.3. The van der Waals surface area contributed by atoms with E-state index in [0.29, 0.717) is 6.42 Å². The number of hydrogen-bond donors (Lipinski definition) is 6. The molecule has 0 bridgehead atoms. The predicted molar refractivity (Wildman–Crippen MR) is 152 cm³/mol. The van der Waals surface area contributed by atoms with Crippen LogP contribution < -0.4 is 21.3 Å². The normalized spacial score (nSPS) is 12.3. The van der Waals surface area contributed by atoms with E-state index in [9.17, 15) is 28.8 Å². The van der Waals surface area contributed by atoms with Crippen LogP contribution in [0.15, 0.2) is 12.7 Å². The van der Waals surface area contributed by atoms with Crippen LogP contribution in [0.5, 0.6) is 0 Å². The van der Waals surface area contributed by atoms with Gasteiger partial charge in [-0.05, 0) is 32.1 Å². The molecule has 43 heavy (non-hydrogen) atoms. The molecule has 0 fully saturated rings. The van der Waals surface area contributed by atoms with E-state index in [0.717, 1.165) is 0 Å². The molecule has 16 heteroatoms. The largest absolute Gasteiger partial charge is 0.464 e. The van der Waals surface area contributed by atoms with Crippen LogP contribution in [0, 0.1) is 11.8 Å². The number of esters is 2. The highest BCUT2D eigenvalue weighted by molar-refractivity contribution is 6.06. The summed E-state index contributed by atoms with van der Waals surface area (Å²) >= 11 is 0. The van der Waals surface area contributed by atoms with Crippen molar-refractivity contribution in [2.45, 2.75) is 60.0 Å². The Labute approximate surface area is 248 Å². The van der Waals surface area contributed by atoms with Crippen LogP contribution in [0.3, 0.4) is 0 Å². The molecule has 2 aromatic heterocycles. The third-order valence-electron chi connectivity index (χ3n) is 6.08. The van der Waals surface area contributed by atoms with Gasteiger partial charge in [0.1, 0.15) is 23.5 Å². The molecule has 0 saturated carbocycles. The molecule has 236 valence electrons. The zero-order valence-corrected chi connectivity index (χ0v) is 25.2. The molecule has 0 saturated heterocycles. The van der Waals surface area contributed by atoms with Crippen molar-refractivity contribution in [3.63, 3.8) is 0 Å². The second-order valence-electron chi connectivity index (χ2n) is 10.0. The Morgan fingerprint density at radius 1 is 0.674 bits per heavy atom. The van der Waals surface area contributed by atoms with E-state index >= 15 is 0 Å². The van der Waals surface area contributed by atoms with E-state index in [1.165, 1.54) is 12.7 Å². The van der Waals surface area contributed by atoms with Crippen molar-refractivity contribution in [2.75, 3.05) is 26.3 Å². The van der Waals surface area contributed by atoms with Gasteiger partial charge in [0.15, 0.2) is 11.4 Å². The van der Waals surface area contributed by atoms with Crippen molar-refractivity contribution in [3.8, 4) is 0 Å². The van der Waals surface area contributed by atoms with Crippen molar-refractivity contribution >= 4 is 35.6 Å². The number of nitrogens with one attached hydrogen (secondary N) is 6. The SMILES string of the molecule is CCOC(=O)[C@@H](NC(=O)c1nc[nH]c1C(=O)NCCCNC(=O)c1[nH]cnc1C(=O)N[C@H](C(=O)OCC)C(C)C)C(C)C. The standard InChI is InChI=1S/C27H40N8O8/c1-7-42-26(40)16(14(3)4)34-24(38)20-18(30-12-32-20)22(36)28-10-9-11-29-23(37)19-21(33-13-31-19)25(39)35-17(15(5)6)27(41)43-8-2/h12-17H,7-11H2,1-6H3,(H,28,36)(H,29,37)(H,30,32)(H,31,33)(H,34,38)(H,35,39)/t16-,17-/m0/s1. The number of aromatic amines is 2. The molecule has 0 aromatic carbocycles. The molecule has 0 aliphatic heterocycles. The number of aromatic nitrogens is 4. The van der Waals surface area contributed by atoms with Gasteiger partial charge in [0, 0.05) is 13.1 Å². The highest BCUT2D eigenvalue weighted by atomic mass is 16.5. The van der Waals surface area contributed by atoms with Crippen LogP contribution in [0.25, 0.3) is 0 Å². The van der Waals surface area contributed by atoms with Crippen LogP contribution in [0.2, 0.25) is 0 Å². The summed E-state index contributed by atoms with van der Waals surface area (Å²) in [6.45, 7) is 10.9. The number of imidazole rings is 2. The minimum absolute atomic E-state index is 0.0939. The summed E-state index contributed by atoms with van der Waals surface area (Å²) in [5.74, 6) is -4.35. The topological polar surface area (TPSA) is 226 Å². The second kappa shape index (κ2) is 16.6. The Kier molecular flexibility index (Phi) is 13.3. The number of rotatable bonds is 16. The fourth-order valence-corrected chi connectivity index (χ4v) is 3.83. The van der Waals surface area contributed by atoms with Crippen LogP contribution in [-0.4, -0.2) is 93.9 Å². The number of H-pyrrole nitrogens is 2. The minimum atomic E-state index is -0.917. The lowest BCUT2D eigenvalue weighted by Gasteiger charge is -2.20. The fourth-order valence-electron chi connectivity index (χ4n) is 3.83. The second-order valence-corrected chi connectivity index (χ2v) is 10.0. The maximum atomic E-state index is 12.8. The molecule has 4 amide bonds. The molecule has 6 N–H and O–H groups in total. The van der Waals surface area contributed by atoms with Crippen molar-refractivity contribution in [1.29, 1.82) is 0 Å². The number of carbonyl (C=O) groups excluding carboxylic acids is 6. The highest BCUT2D eigenvalue weighted by Gasteiger charge is 2.30. The lowest BCUT2D eigenvalue weighted by atomic mass is 10.0. The summed E-state index contributed by atoms with van der Waals surface area (Å²) < 4.78 is 10.0. The van der Waals surface area contributed by atoms with Crippen LogP contribution in [-0.2, 0) is 19.1 Å². The molecule has 2 atom stereocenters. The molecule has 0 aliphatic rings. The fraction of sp³-hybridized carbons (Fsp3) is 0.556. The Bertz CT molecular complexity index is 1190. The summed E-state index contributed by atoms with van der Waals surface area (Å²) in [6.07, 6.45) is 2.68. The summed E-state index contributed by atoms with van der Waals surface area (Å²) in [7, 11) is 0. The first kappa shape index (κ1) is 34.4. The van der Waals surface area contributed by atoms with Crippen LogP contribution in [0.4, 0.5) is 0 Å². The molecule has 0 radical (unpaired) electrons. The van der Waals surface area contributed by atoms with Crippen molar-refractivity contribution < 1.29 is 38.2 Å². The molecule has 0 aliphatic carbocycles. The van der Waals surface area contributed by atoms with Gasteiger partial charge in [0.05, 0.1) is 25.9 Å². The van der Waals surface area contributed by atoms with Crippen molar-refractivity contribution in [3.05, 3.63) is 35.4 Å². The van der Waals surface area contributed by atoms with Gasteiger partial charge < -0.3 is 40.7 Å². The van der Waals surface area contributed by atoms with E-state index in [4.69, 9.17) is 9.47 Å². The molecule has 0 unspecified atom stereocenters. The van der Waals surface area contributed by atoms with Gasteiger partial charge in [-0.1, -0.05) is 27.7 Å². The molecule has 0 spiro atoms. The number of hydrogen-bond acceptors (Lipinski definition) is 10. The zero-order chi connectivity index (χ0) is 32.1. The average Bonchev–Trinajstić information content (AvgIpc) is 3.64. The van der Waals surface area contributed by atoms with E-state index in [1.54, 1.807) is 41.5 Å². The van der Waals surface area contributed by atoms with Crippen LogP contribution >= 0.6 is 0 Å². The van der Waals surface area contributed by atoms with Gasteiger partial charge >= 0.3 is 11.9 Å². The molecular formula is C27H40N8O8. The Morgan fingerprint density at radius 3 is 1.37 bits per heavy atom. The summed E-state index contributed by atoms with van der Waals surface area (Å²) in [5, 5.41) is 10.4. The Balaban J connectivity index is 1.89. The predicted octanol–water partition coefficient (Wildman–Crippen LogP) is 0.318. The first-order chi connectivity index (χ1) is 20.4. The Hall–Kier alpha value is -4.76. The first-order valence-corrected chi connectivity index (χ1v) is 14.0. The molecule has 16 nitrogen and oxygen atoms in total. The van der Waals surface area contributed by atoms with E-state index < -0.39 is 47.7 Å². The van der Waals surface area contributed by atoms with Gasteiger partial charge in [-0.2, -0.15) is 0 Å². The van der Waals surface area contributed by atoms with Gasteiger partial charge in [-0.25, -0.2) is 19.6 Å². The minimum Gasteiger partial charge on any atom is -0.464 e. The quantitative estimate of drug-likeness (QED) is 0.114. The van der Waals surface area contributed by atoms with E-state index in [-0.39, 0.29) is 60.9 Å². The lowest BCUT2D eigenvalue weighted by molar-refractivity contribution is -0.147. The number of ether oxygens (including phenoxy) is 2. The van der Waals surface area contributed by atoms with Gasteiger partial charge in [0.2, 0.25) is 0 Å². The third-order valence-corrected chi connectivity index (χ3v) is 6.08. The number of carbonyl (C=O) groups is 6. The zero-order valence-electron chi connectivity index (χ0n) is 25.2. The van der Waals surface area contributed by atoms with Crippen LogP contribution in [0.1, 0.15) is 89.9 Å². The first-order valence-electron chi connectivity index (χ1n) is 14.0. The number of amides is 4. The average molecular weight is 605 g/mol. The Morgan fingerprint density at radius 2 is 1.05 bits per heavy atom. The van der Waals surface area contributed by atoms with Gasteiger partial charge in [0.25, 0.3) is 23.6 Å². The summed E-state index contributed by atoms with van der Waals surface area (Å²) in [6, 6.07) is -1.83. The third kappa shape index (κ3) is 9.65. The number of nitrogens with zero attached hydrogens (tertiary/aromatic N) is 2.